The molecule has 6 heteroatoms. The van der Waals surface area contributed by atoms with Gasteiger partial charge >= 0.3 is 5.97 Å². The first-order valence-corrected chi connectivity index (χ1v) is 11.7. The lowest BCUT2D eigenvalue weighted by atomic mass is 9.53. The molecule has 0 bridgehead atoms. The van der Waals surface area contributed by atoms with Crippen molar-refractivity contribution in [3.63, 3.8) is 0 Å². The van der Waals surface area contributed by atoms with Crippen molar-refractivity contribution in [3.05, 3.63) is 23.8 Å². The van der Waals surface area contributed by atoms with E-state index in [1.165, 1.54) is 24.8 Å². The molecule has 170 valence electrons. The van der Waals surface area contributed by atoms with Gasteiger partial charge in [0.25, 0.3) is 0 Å². The summed E-state index contributed by atoms with van der Waals surface area (Å²) in [5.74, 6) is 2.07. The first kappa shape index (κ1) is 21.1. The maximum atomic E-state index is 12.8. The monoisotopic (exact) mass is 429 g/mol. The Morgan fingerprint density at radius 3 is 2.81 bits per heavy atom. The molecule has 1 N–H and O–H groups in total. The Morgan fingerprint density at radius 1 is 1.23 bits per heavy atom. The van der Waals surface area contributed by atoms with E-state index in [0.717, 1.165) is 30.9 Å². The van der Waals surface area contributed by atoms with E-state index >= 15 is 0 Å². The van der Waals surface area contributed by atoms with Gasteiger partial charge in [0.15, 0.2) is 11.5 Å². The van der Waals surface area contributed by atoms with Crippen molar-refractivity contribution in [3.8, 4) is 11.5 Å². The average molecular weight is 430 g/mol. The Morgan fingerprint density at radius 2 is 2.03 bits per heavy atom. The van der Waals surface area contributed by atoms with Crippen LogP contribution < -0.4 is 14.8 Å². The summed E-state index contributed by atoms with van der Waals surface area (Å²) in [5, 5.41) is 3.51. The summed E-state index contributed by atoms with van der Waals surface area (Å²) in [6.45, 7) is 6.14. The predicted octanol–water partition coefficient (Wildman–Crippen LogP) is 3.36. The van der Waals surface area contributed by atoms with E-state index in [9.17, 15) is 4.79 Å². The topological polar surface area (TPSA) is 69.3 Å². The number of epoxide rings is 1. The van der Waals surface area contributed by atoms with Crippen LogP contribution in [0, 0.1) is 23.2 Å². The number of ether oxygens (including phenoxy) is 4. The summed E-state index contributed by atoms with van der Waals surface area (Å²) in [6, 6.07) is 5.99. The van der Waals surface area contributed by atoms with Crippen LogP contribution in [0.2, 0.25) is 0 Å². The highest BCUT2D eigenvalue weighted by Gasteiger charge is 2.78. The van der Waals surface area contributed by atoms with E-state index in [-0.39, 0.29) is 41.0 Å². The molecule has 2 heterocycles. The van der Waals surface area contributed by atoms with Crippen molar-refractivity contribution in [2.24, 2.45) is 23.2 Å². The van der Waals surface area contributed by atoms with Gasteiger partial charge in [0.1, 0.15) is 11.7 Å². The second-order valence-corrected chi connectivity index (χ2v) is 10.2. The zero-order valence-electron chi connectivity index (χ0n) is 19.1. The lowest BCUT2D eigenvalue weighted by Gasteiger charge is -2.48. The molecular formula is C25H35NO5. The molecule has 2 aliphatic carbocycles. The molecule has 2 aliphatic heterocycles. The highest BCUT2D eigenvalue weighted by Crippen LogP contribution is 2.70. The van der Waals surface area contributed by atoms with Crippen molar-refractivity contribution < 1.29 is 23.7 Å². The Bertz CT molecular complexity index is 858. The van der Waals surface area contributed by atoms with Crippen LogP contribution in [0.25, 0.3) is 0 Å². The van der Waals surface area contributed by atoms with Gasteiger partial charge in [-0.3, -0.25) is 4.79 Å². The van der Waals surface area contributed by atoms with Gasteiger partial charge in [0, 0.05) is 17.9 Å². The van der Waals surface area contributed by atoms with Crippen LogP contribution >= 0.6 is 0 Å². The summed E-state index contributed by atoms with van der Waals surface area (Å²) in [5.41, 5.74) is 1.29. The van der Waals surface area contributed by atoms with E-state index in [1.807, 2.05) is 12.1 Å². The summed E-state index contributed by atoms with van der Waals surface area (Å²) >= 11 is 0. The molecule has 0 amide bonds. The number of benzene rings is 1. The highest BCUT2D eigenvalue weighted by atomic mass is 16.6. The maximum Gasteiger partial charge on any atom is 0.311 e. The fourth-order valence-electron chi connectivity index (χ4n) is 6.99. The molecule has 0 radical (unpaired) electrons. The number of methoxy groups -OCH3 is 2. The summed E-state index contributed by atoms with van der Waals surface area (Å²) in [4.78, 5) is 12.8. The molecule has 0 unspecified atom stereocenters. The molecule has 4 aliphatic rings. The number of carbonyl (C=O) groups excluding carboxylic acids is 1. The van der Waals surface area contributed by atoms with Gasteiger partial charge in [-0.2, -0.15) is 0 Å². The highest BCUT2D eigenvalue weighted by molar-refractivity contribution is 5.76. The van der Waals surface area contributed by atoms with Crippen LogP contribution in [0.5, 0.6) is 11.5 Å². The van der Waals surface area contributed by atoms with Gasteiger partial charge in [-0.15, -0.1) is 0 Å². The molecule has 6 nitrogen and oxygen atoms in total. The molecule has 4 fully saturated rings. The normalized spacial score (nSPS) is 40.4. The zero-order chi connectivity index (χ0) is 21.8. The van der Waals surface area contributed by atoms with Crippen LogP contribution in [-0.2, 0) is 20.7 Å². The standard InChI is InChI=1S/C25H35NO5/c1-15-6-5-10-24(2)13-20-21(22-25(15,24)31-22)17(23(27)30-20)14-26-11-9-16-7-8-18(28-3)19(12-16)29-4/h7-8,12,15,17,20-22,26H,5-6,9-11,13-14H2,1-4H3/t15-,17-,20+,21+,22-,24+,25-/m0/s1. The second-order valence-electron chi connectivity index (χ2n) is 10.2. The molecule has 1 spiro atoms. The Balaban J connectivity index is 1.21. The van der Waals surface area contributed by atoms with Gasteiger partial charge in [0.05, 0.1) is 26.2 Å². The first-order valence-electron chi connectivity index (χ1n) is 11.7. The molecule has 31 heavy (non-hydrogen) atoms. The van der Waals surface area contributed by atoms with E-state index in [1.54, 1.807) is 14.2 Å². The minimum atomic E-state index is -0.113. The smallest absolute Gasteiger partial charge is 0.311 e. The van der Waals surface area contributed by atoms with Gasteiger partial charge in [-0.1, -0.05) is 26.3 Å². The van der Waals surface area contributed by atoms with Crippen LogP contribution in [0.3, 0.4) is 0 Å². The molecule has 2 saturated carbocycles. The number of hydrogen-bond donors (Lipinski definition) is 1. The van der Waals surface area contributed by atoms with Crippen molar-refractivity contribution in [1.29, 1.82) is 0 Å². The predicted molar refractivity (Wildman–Crippen MR) is 116 cm³/mol. The minimum absolute atomic E-state index is 0.0149. The van der Waals surface area contributed by atoms with Gasteiger partial charge in [-0.25, -0.2) is 0 Å². The summed E-state index contributed by atoms with van der Waals surface area (Å²) < 4.78 is 23.1. The molecule has 5 rings (SSSR count). The third-order valence-electron chi connectivity index (χ3n) is 8.60. The third-order valence-corrected chi connectivity index (χ3v) is 8.60. The SMILES string of the molecule is COc1ccc(CCNC[C@@H]2C(=O)O[C@@H]3C[C@@]4(C)CCC[C@H](C)[C@@]45O[C@H]5[C@H]23)cc1OC. The van der Waals surface area contributed by atoms with Crippen molar-refractivity contribution in [1.82, 2.24) is 5.32 Å². The Kier molecular flexibility index (Phi) is 5.21. The van der Waals surface area contributed by atoms with Crippen molar-refractivity contribution >= 4 is 5.97 Å². The van der Waals surface area contributed by atoms with E-state index in [0.29, 0.717) is 12.5 Å². The largest absolute Gasteiger partial charge is 0.493 e. The second kappa shape index (κ2) is 7.66. The quantitative estimate of drug-likeness (QED) is 0.407. The zero-order valence-corrected chi connectivity index (χ0v) is 19.1. The van der Waals surface area contributed by atoms with E-state index in [4.69, 9.17) is 18.9 Å². The third kappa shape index (κ3) is 3.17. The summed E-state index contributed by atoms with van der Waals surface area (Å²) in [7, 11) is 3.29. The number of carbonyl (C=O) groups is 1. The maximum absolute atomic E-state index is 12.8. The number of fused-ring (bicyclic) bond motifs is 2. The van der Waals surface area contributed by atoms with Crippen LogP contribution in [0.1, 0.15) is 45.1 Å². The number of nitrogens with one attached hydrogen (secondary N) is 1. The van der Waals surface area contributed by atoms with Gasteiger partial charge < -0.3 is 24.3 Å². The van der Waals surface area contributed by atoms with Crippen molar-refractivity contribution in [2.75, 3.05) is 27.3 Å². The molecule has 1 aromatic rings. The Hall–Kier alpha value is -1.79. The van der Waals surface area contributed by atoms with Gasteiger partial charge in [-0.05, 0) is 55.8 Å². The van der Waals surface area contributed by atoms with E-state index in [2.05, 4.69) is 25.2 Å². The van der Waals surface area contributed by atoms with Crippen molar-refractivity contribution in [2.45, 2.75) is 63.8 Å². The number of hydrogen-bond acceptors (Lipinski definition) is 6. The van der Waals surface area contributed by atoms with Crippen LogP contribution in [0.4, 0.5) is 0 Å². The van der Waals surface area contributed by atoms with Crippen LogP contribution in [-0.4, -0.2) is 51.1 Å². The number of rotatable bonds is 7. The molecule has 0 aromatic heterocycles. The fraction of sp³-hybridized carbons (Fsp3) is 0.720. The Labute approximate surface area is 185 Å². The number of esters is 1. The minimum Gasteiger partial charge on any atom is -0.493 e. The molecule has 7 atom stereocenters. The first-order chi connectivity index (χ1) is 14.9. The molecular weight excluding hydrogens is 394 g/mol. The average Bonchev–Trinajstić information content (AvgIpc) is 3.44. The van der Waals surface area contributed by atoms with E-state index < -0.39 is 0 Å². The molecule has 1 aromatic carbocycles. The van der Waals surface area contributed by atoms with Gasteiger partial charge in [0.2, 0.25) is 0 Å². The fourth-order valence-corrected chi connectivity index (χ4v) is 6.99. The lowest BCUT2D eigenvalue weighted by molar-refractivity contribution is -0.146. The lowest BCUT2D eigenvalue weighted by Crippen LogP contribution is -2.54. The molecule has 2 saturated heterocycles. The van der Waals surface area contributed by atoms with Crippen LogP contribution in [0.15, 0.2) is 18.2 Å². The summed E-state index contributed by atoms with van der Waals surface area (Å²) in [6.07, 6.45) is 5.66.